The van der Waals surface area contributed by atoms with E-state index in [1.54, 1.807) is 38.2 Å². The predicted octanol–water partition coefficient (Wildman–Crippen LogP) is 3.55. The van der Waals surface area contributed by atoms with E-state index in [1.165, 1.54) is 0 Å². The number of aliphatic hydroxyl groups excluding tert-OH is 1. The number of benzene rings is 1. The highest BCUT2D eigenvalue weighted by molar-refractivity contribution is 7.17. The summed E-state index contributed by atoms with van der Waals surface area (Å²) in [6.45, 7) is 4.67. The van der Waals surface area contributed by atoms with Gasteiger partial charge in [-0.3, -0.25) is 4.79 Å². The topological polar surface area (TPSA) is 72.8 Å². The van der Waals surface area contributed by atoms with Crippen LogP contribution in [0.3, 0.4) is 0 Å². The molecular formula is C20H22O5S. The van der Waals surface area contributed by atoms with E-state index in [0.29, 0.717) is 5.57 Å². The van der Waals surface area contributed by atoms with Crippen LogP contribution in [-0.4, -0.2) is 35.9 Å². The van der Waals surface area contributed by atoms with Gasteiger partial charge in [-0.05, 0) is 49.2 Å². The lowest BCUT2D eigenvalue weighted by Crippen LogP contribution is -2.40. The van der Waals surface area contributed by atoms with Crippen LogP contribution in [-0.2, 0) is 19.1 Å². The molecule has 0 radical (unpaired) electrons. The zero-order valence-corrected chi connectivity index (χ0v) is 15.9. The smallest absolute Gasteiger partial charge is 0.334 e. The van der Waals surface area contributed by atoms with Crippen LogP contribution >= 0.6 is 11.3 Å². The Balaban J connectivity index is 1.81. The molecule has 1 aromatic carbocycles. The standard InChI is InChI=1S/C20H22O5S/c1-19(2,3)18(23)24-12-20(11-21)9-13(17(22)25-20)8-14-10-26-16-7-5-4-6-15(14)16/h4-8,10,21H,9,11-12H2,1-3H3/b13-8+. The van der Waals surface area contributed by atoms with Crippen molar-refractivity contribution in [3.63, 3.8) is 0 Å². The third-order valence-corrected chi connectivity index (χ3v) is 5.27. The first kappa shape index (κ1) is 18.6. The first-order valence-electron chi connectivity index (χ1n) is 8.42. The van der Waals surface area contributed by atoms with E-state index < -0.39 is 29.6 Å². The summed E-state index contributed by atoms with van der Waals surface area (Å²) in [6, 6.07) is 7.95. The van der Waals surface area contributed by atoms with Crippen LogP contribution in [0.1, 0.15) is 32.8 Å². The number of ether oxygens (including phenoxy) is 2. The molecule has 3 rings (SSSR count). The molecule has 26 heavy (non-hydrogen) atoms. The molecule has 5 nitrogen and oxygen atoms in total. The van der Waals surface area contributed by atoms with Crippen LogP contribution in [0.4, 0.5) is 0 Å². The van der Waals surface area contributed by atoms with Crippen LogP contribution in [0, 0.1) is 5.41 Å². The fourth-order valence-corrected chi connectivity index (χ4v) is 3.67. The molecule has 1 aromatic heterocycles. The Bertz CT molecular complexity index is 874. The van der Waals surface area contributed by atoms with Crippen molar-refractivity contribution in [3.05, 3.63) is 40.8 Å². The van der Waals surface area contributed by atoms with Crippen LogP contribution in [0.2, 0.25) is 0 Å². The van der Waals surface area contributed by atoms with Crippen molar-refractivity contribution >= 4 is 39.4 Å². The van der Waals surface area contributed by atoms with Crippen molar-refractivity contribution in [1.29, 1.82) is 0 Å². The van der Waals surface area contributed by atoms with Gasteiger partial charge in [-0.25, -0.2) is 4.79 Å². The molecular weight excluding hydrogens is 352 g/mol. The van der Waals surface area contributed by atoms with E-state index >= 15 is 0 Å². The summed E-state index contributed by atoms with van der Waals surface area (Å²) in [5.74, 6) is -0.885. The molecule has 0 saturated carbocycles. The van der Waals surface area contributed by atoms with Gasteiger partial charge in [0.2, 0.25) is 0 Å². The summed E-state index contributed by atoms with van der Waals surface area (Å²) in [7, 11) is 0. The Morgan fingerprint density at radius 3 is 2.81 bits per heavy atom. The predicted molar refractivity (Wildman–Crippen MR) is 101 cm³/mol. The van der Waals surface area contributed by atoms with Crippen molar-refractivity contribution in [2.24, 2.45) is 5.41 Å². The largest absolute Gasteiger partial charge is 0.461 e. The third-order valence-electron chi connectivity index (χ3n) is 4.29. The number of hydrogen-bond acceptors (Lipinski definition) is 6. The zero-order valence-electron chi connectivity index (χ0n) is 15.1. The molecule has 1 fully saturated rings. The summed E-state index contributed by atoms with van der Waals surface area (Å²) < 4.78 is 11.8. The first-order valence-corrected chi connectivity index (χ1v) is 9.30. The normalized spacial score (nSPS) is 22.0. The second kappa shape index (κ2) is 6.85. The van der Waals surface area contributed by atoms with Crippen LogP contribution in [0.5, 0.6) is 0 Å². The Morgan fingerprint density at radius 2 is 2.12 bits per heavy atom. The number of carbonyl (C=O) groups excluding carboxylic acids is 2. The Kier molecular flexibility index (Phi) is 4.90. The fourth-order valence-electron chi connectivity index (χ4n) is 2.75. The fraction of sp³-hybridized carbons (Fsp3) is 0.400. The molecule has 0 spiro atoms. The molecule has 0 aliphatic carbocycles. The Morgan fingerprint density at radius 1 is 1.38 bits per heavy atom. The lowest BCUT2D eigenvalue weighted by Gasteiger charge is -2.26. The summed E-state index contributed by atoms with van der Waals surface area (Å²) in [6.07, 6.45) is 1.99. The second-order valence-corrected chi connectivity index (χ2v) is 8.50. The molecule has 0 amide bonds. The van der Waals surface area contributed by atoms with Crippen LogP contribution < -0.4 is 0 Å². The van der Waals surface area contributed by atoms with Crippen molar-refractivity contribution < 1.29 is 24.2 Å². The van der Waals surface area contributed by atoms with Gasteiger partial charge in [-0.1, -0.05) is 18.2 Å². The van der Waals surface area contributed by atoms with Gasteiger partial charge in [-0.15, -0.1) is 11.3 Å². The minimum atomic E-state index is -1.21. The van der Waals surface area contributed by atoms with E-state index in [4.69, 9.17) is 9.47 Å². The molecule has 1 atom stereocenters. The van der Waals surface area contributed by atoms with Gasteiger partial charge < -0.3 is 14.6 Å². The molecule has 1 N–H and O–H groups in total. The van der Waals surface area contributed by atoms with E-state index in [1.807, 2.05) is 29.6 Å². The van der Waals surface area contributed by atoms with Crippen molar-refractivity contribution in [2.45, 2.75) is 32.8 Å². The lowest BCUT2D eigenvalue weighted by molar-refractivity contribution is -0.171. The van der Waals surface area contributed by atoms with Gasteiger partial charge in [0.1, 0.15) is 6.61 Å². The Labute approximate surface area is 156 Å². The molecule has 6 heteroatoms. The zero-order chi connectivity index (χ0) is 18.9. The lowest BCUT2D eigenvalue weighted by atomic mass is 9.96. The number of fused-ring (bicyclic) bond motifs is 1. The summed E-state index contributed by atoms with van der Waals surface area (Å²) in [5, 5.41) is 12.8. The minimum Gasteiger partial charge on any atom is -0.461 e. The molecule has 2 heterocycles. The number of rotatable bonds is 4. The molecule has 1 aliphatic rings. The SMILES string of the molecule is CC(C)(C)C(=O)OCC1(CO)C/C(=C\c2csc3ccccc23)C(=O)O1. The van der Waals surface area contributed by atoms with Gasteiger partial charge in [0.05, 0.1) is 12.0 Å². The summed E-state index contributed by atoms with van der Waals surface area (Å²) >= 11 is 1.61. The highest BCUT2D eigenvalue weighted by Crippen LogP contribution is 2.35. The minimum absolute atomic E-state index is 0.160. The number of carbonyl (C=O) groups is 2. The maximum Gasteiger partial charge on any atom is 0.334 e. The molecule has 1 aliphatic heterocycles. The maximum absolute atomic E-state index is 12.3. The molecule has 2 aromatic rings. The molecule has 138 valence electrons. The van der Waals surface area contributed by atoms with Gasteiger partial charge in [0.25, 0.3) is 0 Å². The van der Waals surface area contributed by atoms with E-state index in [9.17, 15) is 14.7 Å². The third kappa shape index (κ3) is 3.66. The first-order chi connectivity index (χ1) is 12.2. The van der Waals surface area contributed by atoms with E-state index in [0.717, 1.165) is 15.6 Å². The molecule has 1 unspecified atom stereocenters. The number of hydrogen-bond donors (Lipinski definition) is 1. The number of thiophene rings is 1. The average molecular weight is 374 g/mol. The monoisotopic (exact) mass is 374 g/mol. The highest BCUT2D eigenvalue weighted by atomic mass is 32.1. The number of cyclic esters (lactones) is 1. The van der Waals surface area contributed by atoms with Gasteiger partial charge in [0, 0.05) is 16.7 Å². The van der Waals surface area contributed by atoms with Gasteiger partial charge in [0.15, 0.2) is 5.60 Å². The van der Waals surface area contributed by atoms with Crippen LogP contribution in [0.15, 0.2) is 35.2 Å². The van der Waals surface area contributed by atoms with Gasteiger partial charge >= 0.3 is 11.9 Å². The molecule has 0 bridgehead atoms. The van der Waals surface area contributed by atoms with E-state index in [-0.39, 0.29) is 13.0 Å². The van der Waals surface area contributed by atoms with Crippen molar-refractivity contribution in [1.82, 2.24) is 0 Å². The summed E-state index contributed by atoms with van der Waals surface area (Å²) in [5.41, 5.74) is -0.462. The second-order valence-electron chi connectivity index (χ2n) is 7.59. The summed E-state index contributed by atoms with van der Waals surface area (Å²) in [4.78, 5) is 24.3. The molecule has 1 saturated heterocycles. The van der Waals surface area contributed by atoms with Crippen LogP contribution in [0.25, 0.3) is 16.2 Å². The maximum atomic E-state index is 12.3. The highest BCUT2D eigenvalue weighted by Gasteiger charge is 2.45. The quantitative estimate of drug-likeness (QED) is 0.654. The van der Waals surface area contributed by atoms with Crippen molar-refractivity contribution in [2.75, 3.05) is 13.2 Å². The van der Waals surface area contributed by atoms with Crippen molar-refractivity contribution in [3.8, 4) is 0 Å². The van der Waals surface area contributed by atoms with Gasteiger partial charge in [-0.2, -0.15) is 0 Å². The average Bonchev–Trinajstić information content (AvgIpc) is 3.14. The number of esters is 2. The number of aliphatic hydroxyl groups is 1. The Hall–Kier alpha value is -2.18. The van der Waals surface area contributed by atoms with E-state index in [2.05, 4.69) is 0 Å².